The van der Waals surface area contributed by atoms with Crippen LogP contribution < -0.4 is 10.6 Å². The highest BCUT2D eigenvalue weighted by Crippen LogP contribution is 2.18. The lowest BCUT2D eigenvalue weighted by Crippen LogP contribution is -2.32. The lowest BCUT2D eigenvalue weighted by Gasteiger charge is -2.12. The van der Waals surface area contributed by atoms with Crippen LogP contribution in [0.1, 0.15) is 13.8 Å². The summed E-state index contributed by atoms with van der Waals surface area (Å²) in [6.45, 7) is 4.31. The van der Waals surface area contributed by atoms with E-state index in [1.165, 1.54) is 0 Å². The Morgan fingerprint density at radius 3 is 2.79 bits per heavy atom. The maximum atomic E-state index is 11.8. The van der Waals surface area contributed by atoms with E-state index in [-0.39, 0.29) is 11.9 Å². The van der Waals surface area contributed by atoms with E-state index in [1.807, 2.05) is 50.4 Å². The van der Waals surface area contributed by atoms with Crippen LogP contribution in [0.2, 0.25) is 0 Å². The number of carbonyl (C=O) groups excluding carboxylic acids is 1. The van der Waals surface area contributed by atoms with Gasteiger partial charge in [0.15, 0.2) is 0 Å². The lowest BCUT2D eigenvalue weighted by molar-refractivity contribution is -0.115. The zero-order chi connectivity index (χ0) is 13.7. The van der Waals surface area contributed by atoms with E-state index in [1.54, 1.807) is 10.9 Å². The average molecular weight is 258 g/mol. The van der Waals surface area contributed by atoms with Crippen LogP contribution in [0.15, 0.2) is 42.7 Å². The molecule has 0 unspecified atom stereocenters. The Kier molecular flexibility index (Phi) is 4.30. The molecule has 2 rings (SSSR count). The normalized spacial score (nSPS) is 10.7. The van der Waals surface area contributed by atoms with Crippen molar-refractivity contribution in [1.29, 1.82) is 0 Å². The zero-order valence-corrected chi connectivity index (χ0v) is 11.1. The molecule has 0 aliphatic heterocycles. The molecular formula is C14H18N4O. The quantitative estimate of drug-likeness (QED) is 0.860. The minimum absolute atomic E-state index is 0.0618. The predicted molar refractivity (Wildman–Crippen MR) is 75.3 cm³/mol. The van der Waals surface area contributed by atoms with Crippen molar-refractivity contribution in [2.24, 2.45) is 0 Å². The number of anilines is 1. The third-order valence-corrected chi connectivity index (χ3v) is 2.60. The Bertz CT molecular complexity index is 534. The summed E-state index contributed by atoms with van der Waals surface area (Å²) in [6.07, 6.45) is 3.55. The number of benzene rings is 1. The molecule has 5 nitrogen and oxygen atoms in total. The Morgan fingerprint density at radius 1 is 1.32 bits per heavy atom. The van der Waals surface area contributed by atoms with Crippen LogP contribution in [-0.2, 0) is 4.79 Å². The molecule has 0 atom stereocenters. The van der Waals surface area contributed by atoms with Crippen molar-refractivity contribution in [3.05, 3.63) is 42.7 Å². The van der Waals surface area contributed by atoms with E-state index in [0.29, 0.717) is 6.54 Å². The fraction of sp³-hybridized carbons (Fsp3) is 0.286. The molecule has 1 heterocycles. The van der Waals surface area contributed by atoms with Crippen molar-refractivity contribution >= 4 is 11.6 Å². The van der Waals surface area contributed by atoms with Crippen molar-refractivity contribution < 1.29 is 4.79 Å². The maximum absolute atomic E-state index is 11.8. The smallest absolute Gasteiger partial charge is 0.238 e. The summed E-state index contributed by atoms with van der Waals surface area (Å²) in [7, 11) is 0. The average Bonchev–Trinajstić information content (AvgIpc) is 2.91. The van der Waals surface area contributed by atoms with E-state index in [9.17, 15) is 4.79 Å². The van der Waals surface area contributed by atoms with Gasteiger partial charge in [-0.3, -0.25) is 4.79 Å². The number of nitrogens with zero attached hydrogens (tertiary/aromatic N) is 2. The van der Waals surface area contributed by atoms with E-state index in [2.05, 4.69) is 15.7 Å². The highest BCUT2D eigenvalue weighted by atomic mass is 16.1. The molecule has 1 amide bonds. The number of carbonyl (C=O) groups is 1. The minimum atomic E-state index is -0.0618. The first-order valence-electron chi connectivity index (χ1n) is 6.29. The van der Waals surface area contributed by atoms with Gasteiger partial charge < -0.3 is 10.6 Å². The van der Waals surface area contributed by atoms with Crippen LogP contribution in [-0.4, -0.2) is 28.3 Å². The summed E-state index contributed by atoms with van der Waals surface area (Å²) in [5.74, 6) is -0.0618. The molecule has 1 aromatic heterocycles. The molecule has 19 heavy (non-hydrogen) atoms. The van der Waals surface area contributed by atoms with E-state index >= 15 is 0 Å². The summed E-state index contributed by atoms with van der Waals surface area (Å²) in [5, 5.41) is 10.2. The molecule has 0 spiro atoms. The van der Waals surface area contributed by atoms with E-state index in [4.69, 9.17) is 0 Å². The molecule has 0 bridgehead atoms. The summed E-state index contributed by atoms with van der Waals surface area (Å²) >= 11 is 0. The minimum Gasteiger partial charge on any atom is -0.323 e. The largest absolute Gasteiger partial charge is 0.323 e. The van der Waals surface area contributed by atoms with Gasteiger partial charge in [0.2, 0.25) is 5.91 Å². The van der Waals surface area contributed by atoms with Crippen LogP contribution in [0.4, 0.5) is 5.69 Å². The topological polar surface area (TPSA) is 59.0 Å². The summed E-state index contributed by atoms with van der Waals surface area (Å²) in [4.78, 5) is 11.8. The first-order valence-corrected chi connectivity index (χ1v) is 6.29. The number of hydrogen-bond acceptors (Lipinski definition) is 3. The molecule has 0 radical (unpaired) electrons. The van der Waals surface area contributed by atoms with Gasteiger partial charge in [-0.2, -0.15) is 5.10 Å². The van der Waals surface area contributed by atoms with Crippen molar-refractivity contribution in [3.8, 4) is 5.69 Å². The molecule has 0 aliphatic rings. The van der Waals surface area contributed by atoms with Crippen LogP contribution in [0.25, 0.3) is 5.69 Å². The molecule has 2 aromatic rings. The molecule has 0 saturated heterocycles. The molecule has 0 aliphatic carbocycles. The molecule has 1 aromatic carbocycles. The van der Waals surface area contributed by atoms with Gasteiger partial charge in [0, 0.05) is 18.4 Å². The summed E-state index contributed by atoms with van der Waals surface area (Å²) in [6, 6.07) is 9.71. The van der Waals surface area contributed by atoms with Gasteiger partial charge in [0.05, 0.1) is 17.9 Å². The molecule has 5 heteroatoms. The fourth-order valence-corrected chi connectivity index (χ4v) is 1.68. The molecule has 0 saturated carbocycles. The Labute approximate surface area is 112 Å². The number of nitrogens with one attached hydrogen (secondary N) is 2. The van der Waals surface area contributed by atoms with E-state index in [0.717, 1.165) is 11.4 Å². The van der Waals surface area contributed by atoms with Crippen LogP contribution >= 0.6 is 0 Å². The first kappa shape index (κ1) is 13.3. The van der Waals surface area contributed by atoms with Gasteiger partial charge >= 0.3 is 0 Å². The number of para-hydroxylation sites is 2. The van der Waals surface area contributed by atoms with Crippen LogP contribution in [0.5, 0.6) is 0 Å². The molecule has 2 N–H and O–H groups in total. The van der Waals surface area contributed by atoms with E-state index < -0.39 is 0 Å². The monoisotopic (exact) mass is 258 g/mol. The highest BCUT2D eigenvalue weighted by Gasteiger charge is 2.08. The van der Waals surface area contributed by atoms with Gasteiger partial charge in [-0.05, 0) is 18.2 Å². The van der Waals surface area contributed by atoms with Gasteiger partial charge in [0.1, 0.15) is 0 Å². The second-order valence-electron chi connectivity index (χ2n) is 4.55. The summed E-state index contributed by atoms with van der Waals surface area (Å²) < 4.78 is 1.73. The summed E-state index contributed by atoms with van der Waals surface area (Å²) in [5.41, 5.74) is 1.60. The molecule has 100 valence electrons. The van der Waals surface area contributed by atoms with Crippen molar-refractivity contribution in [2.75, 3.05) is 11.9 Å². The maximum Gasteiger partial charge on any atom is 0.238 e. The number of aromatic nitrogens is 2. The second kappa shape index (κ2) is 6.15. The number of amides is 1. The Hall–Kier alpha value is -2.14. The lowest BCUT2D eigenvalue weighted by atomic mass is 10.2. The zero-order valence-electron chi connectivity index (χ0n) is 11.1. The molecule has 0 fully saturated rings. The highest BCUT2D eigenvalue weighted by molar-refractivity contribution is 5.94. The number of rotatable bonds is 5. The van der Waals surface area contributed by atoms with Gasteiger partial charge in [-0.1, -0.05) is 26.0 Å². The first-order chi connectivity index (χ1) is 9.16. The van der Waals surface area contributed by atoms with Crippen LogP contribution in [0.3, 0.4) is 0 Å². The third kappa shape index (κ3) is 3.66. The fourth-order valence-electron chi connectivity index (χ4n) is 1.68. The van der Waals surface area contributed by atoms with Crippen molar-refractivity contribution in [3.63, 3.8) is 0 Å². The van der Waals surface area contributed by atoms with Gasteiger partial charge in [-0.25, -0.2) is 4.68 Å². The Morgan fingerprint density at radius 2 is 2.11 bits per heavy atom. The van der Waals surface area contributed by atoms with Gasteiger partial charge in [0.25, 0.3) is 0 Å². The third-order valence-electron chi connectivity index (χ3n) is 2.60. The number of hydrogen-bond donors (Lipinski definition) is 2. The Balaban J connectivity index is 2.10. The van der Waals surface area contributed by atoms with Crippen molar-refractivity contribution in [2.45, 2.75) is 19.9 Å². The SMILES string of the molecule is CC(C)NCC(=O)Nc1ccccc1-n1cccn1. The second-order valence-corrected chi connectivity index (χ2v) is 4.55. The van der Waals surface area contributed by atoms with Gasteiger partial charge in [-0.15, -0.1) is 0 Å². The molecular weight excluding hydrogens is 240 g/mol. The van der Waals surface area contributed by atoms with Crippen molar-refractivity contribution in [1.82, 2.24) is 15.1 Å². The predicted octanol–water partition coefficient (Wildman–Crippen LogP) is 1.81. The van der Waals surface area contributed by atoms with Crippen LogP contribution in [0, 0.1) is 0 Å². The standard InChI is InChI=1S/C14H18N4O/c1-11(2)15-10-14(19)17-12-6-3-4-7-13(12)18-9-5-8-16-18/h3-9,11,15H,10H2,1-2H3,(H,17,19).